The van der Waals surface area contributed by atoms with Gasteiger partial charge in [-0.1, -0.05) is 31.4 Å². The lowest BCUT2D eigenvalue weighted by Gasteiger charge is -2.24. The SMILES string of the molecule is Cc1c(Cl)nn2c(C3CCC(C)CC3)nnc2c1C. The van der Waals surface area contributed by atoms with E-state index in [0.717, 1.165) is 28.5 Å². The van der Waals surface area contributed by atoms with E-state index in [1.165, 1.54) is 25.7 Å². The van der Waals surface area contributed by atoms with Gasteiger partial charge in [-0.2, -0.15) is 9.61 Å². The predicted octanol–water partition coefficient (Wildman–Crippen LogP) is 3.69. The van der Waals surface area contributed by atoms with Crippen molar-refractivity contribution >= 4 is 17.2 Å². The highest BCUT2D eigenvalue weighted by Crippen LogP contribution is 2.35. The lowest BCUT2D eigenvalue weighted by molar-refractivity contribution is 0.337. The number of nitrogens with zero attached hydrogens (tertiary/aromatic N) is 4. The predicted molar refractivity (Wildman–Crippen MR) is 75.6 cm³/mol. The second kappa shape index (κ2) is 4.75. The van der Waals surface area contributed by atoms with Crippen molar-refractivity contribution in [1.29, 1.82) is 0 Å². The molecular formula is C14H19ClN4. The molecule has 0 saturated heterocycles. The number of hydrogen-bond acceptors (Lipinski definition) is 3. The van der Waals surface area contributed by atoms with Gasteiger partial charge in [-0.3, -0.25) is 0 Å². The Morgan fingerprint density at radius 2 is 1.74 bits per heavy atom. The van der Waals surface area contributed by atoms with Crippen LogP contribution in [0.2, 0.25) is 5.15 Å². The zero-order valence-electron chi connectivity index (χ0n) is 11.6. The summed E-state index contributed by atoms with van der Waals surface area (Å²) in [6.45, 7) is 6.32. The van der Waals surface area contributed by atoms with E-state index >= 15 is 0 Å². The molecule has 0 radical (unpaired) electrons. The minimum Gasteiger partial charge on any atom is -0.195 e. The lowest BCUT2D eigenvalue weighted by Crippen LogP contribution is -2.14. The van der Waals surface area contributed by atoms with E-state index in [1.807, 2.05) is 18.4 Å². The molecule has 2 aromatic rings. The second-order valence-electron chi connectivity index (χ2n) is 5.79. The number of rotatable bonds is 1. The molecule has 1 saturated carbocycles. The molecule has 0 N–H and O–H groups in total. The monoisotopic (exact) mass is 278 g/mol. The summed E-state index contributed by atoms with van der Waals surface area (Å²) < 4.78 is 1.85. The summed E-state index contributed by atoms with van der Waals surface area (Å²) in [6, 6.07) is 0. The van der Waals surface area contributed by atoms with Gasteiger partial charge in [-0.15, -0.1) is 10.2 Å². The van der Waals surface area contributed by atoms with Crippen LogP contribution in [0.25, 0.3) is 5.65 Å². The van der Waals surface area contributed by atoms with Crippen molar-refractivity contribution in [2.75, 3.05) is 0 Å². The molecule has 102 valence electrons. The largest absolute Gasteiger partial charge is 0.195 e. The maximum atomic E-state index is 6.20. The quantitative estimate of drug-likeness (QED) is 0.799. The molecule has 4 nitrogen and oxygen atoms in total. The highest BCUT2D eigenvalue weighted by molar-refractivity contribution is 6.30. The highest BCUT2D eigenvalue weighted by atomic mass is 35.5. The molecule has 0 unspecified atom stereocenters. The van der Waals surface area contributed by atoms with E-state index in [9.17, 15) is 0 Å². The average molecular weight is 279 g/mol. The summed E-state index contributed by atoms with van der Waals surface area (Å²) in [6.07, 6.45) is 4.87. The number of aromatic nitrogens is 4. The average Bonchev–Trinajstić information content (AvgIpc) is 2.81. The molecule has 2 aromatic heterocycles. The molecule has 19 heavy (non-hydrogen) atoms. The smallest absolute Gasteiger partial charge is 0.181 e. The van der Waals surface area contributed by atoms with E-state index in [4.69, 9.17) is 11.6 Å². The first-order chi connectivity index (χ1) is 9.08. The summed E-state index contributed by atoms with van der Waals surface area (Å²) in [7, 11) is 0. The first-order valence-corrected chi connectivity index (χ1v) is 7.33. The van der Waals surface area contributed by atoms with E-state index in [2.05, 4.69) is 22.2 Å². The van der Waals surface area contributed by atoms with Gasteiger partial charge in [0.25, 0.3) is 0 Å². The molecule has 0 atom stereocenters. The van der Waals surface area contributed by atoms with Crippen LogP contribution in [-0.4, -0.2) is 19.8 Å². The fraction of sp³-hybridized carbons (Fsp3) is 0.643. The Bertz CT molecular complexity index is 611. The zero-order chi connectivity index (χ0) is 13.6. The van der Waals surface area contributed by atoms with Crippen LogP contribution in [0.5, 0.6) is 0 Å². The molecule has 0 aliphatic heterocycles. The second-order valence-corrected chi connectivity index (χ2v) is 6.15. The van der Waals surface area contributed by atoms with E-state index in [-0.39, 0.29) is 0 Å². The molecule has 0 amide bonds. The Hall–Kier alpha value is -1.16. The van der Waals surface area contributed by atoms with Crippen molar-refractivity contribution in [3.8, 4) is 0 Å². The molecule has 0 spiro atoms. The molecule has 0 aromatic carbocycles. The molecule has 1 aliphatic carbocycles. The third kappa shape index (κ3) is 2.12. The summed E-state index contributed by atoms with van der Waals surface area (Å²) in [5.74, 6) is 2.28. The number of aryl methyl sites for hydroxylation is 1. The molecule has 3 rings (SSSR count). The van der Waals surface area contributed by atoms with Gasteiger partial charge in [-0.05, 0) is 38.2 Å². The summed E-state index contributed by atoms with van der Waals surface area (Å²) in [5, 5.41) is 13.7. The highest BCUT2D eigenvalue weighted by Gasteiger charge is 2.25. The third-order valence-corrected chi connectivity index (χ3v) is 4.80. The Labute approximate surface area is 118 Å². The summed E-state index contributed by atoms with van der Waals surface area (Å²) in [5.41, 5.74) is 2.91. The van der Waals surface area contributed by atoms with Crippen LogP contribution in [0.1, 0.15) is 55.5 Å². The van der Waals surface area contributed by atoms with Crippen LogP contribution in [0, 0.1) is 19.8 Å². The van der Waals surface area contributed by atoms with Gasteiger partial charge in [0.2, 0.25) is 0 Å². The van der Waals surface area contributed by atoms with Crippen LogP contribution >= 0.6 is 11.6 Å². The third-order valence-electron chi connectivity index (χ3n) is 4.44. The van der Waals surface area contributed by atoms with Crippen LogP contribution < -0.4 is 0 Å². The minimum atomic E-state index is 0.469. The van der Waals surface area contributed by atoms with E-state index in [0.29, 0.717) is 11.1 Å². The Kier molecular flexibility index (Phi) is 3.21. The van der Waals surface area contributed by atoms with Crippen LogP contribution in [-0.2, 0) is 0 Å². The Balaban J connectivity index is 2.06. The number of hydrogen-bond donors (Lipinski definition) is 0. The van der Waals surface area contributed by atoms with Crippen molar-refractivity contribution in [3.63, 3.8) is 0 Å². The van der Waals surface area contributed by atoms with Crippen LogP contribution in [0.15, 0.2) is 0 Å². The first-order valence-electron chi connectivity index (χ1n) is 6.96. The van der Waals surface area contributed by atoms with E-state index < -0.39 is 0 Å². The van der Waals surface area contributed by atoms with Gasteiger partial charge in [0.05, 0.1) is 0 Å². The maximum Gasteiger partial charge on any atom is 0.181 e. The van der Waals surface area contributed by atoms with Crippen molar-refractivity contribution in [3.05, 3.63) is 22.1 Å². The molecule has 1 aliphatic rings. The molecule has 2 heterocycles. The lowest BCUT2D eigenvalue weighted by atomic mass is 9.83. The molecule has 1 fully saturated rings. The molecular weight excluding hydrogens is 260 g/mol. The van der Waals surface area contributed by atoms with Crippen LogP contribution in [0.3, 0.4) is 0 Å². The fourth-order valence-corrected chi connectivity index (χ4v) is 3.10. The maximum absolute atomic E-state index is 6.20. The van der Waals surface area contributed by atoms with Crippen molar-refractivity contribution in [2.24, 2.45) is 5.92 Å². The van der Waals surface area contributed by atoms with Crippen LogP contribution in [0.4, 0.5) is 0 Å². The molecule has 5 heteroatoms. The van der Waals surface area contributed by atoms with Crippen molar-refractivity contribution < 1.29 is 0 Å². The minimum absolute atomic E-state index is 0.469. The summed E-state index contributed by atoms with van der Waals surface area (Å²) >= 11 is 6.20. The van der Waals surface area contributed by atoms with E-state index in [1.54, 1.807) is 0 Å². The van der Waals surface area contributed by atoms with Gasteiger partial charge < -0.3 is 0 Å². The van der Waals surface area contributed by atoms with Gasteiger partial charge in [0, 0.05) is 11.5 Å². The van der Waals surface area contributed by atoms with Crippen molar-refractivity contribution in [1.82, 2.24) is 19.8 Å². The first kappa shape index (κ1) is 12.9. The summed E-state index contributed by atoms with van der Waals surface area (Å²) in [4.78, 5) is 0. The normalized spacial score (nSPS) is 24.0. The Morgan fingerprint density at radius 1 is 1.05 bits per heavy atom. The standard InChI is InChI=1S/C14H19ClN4/c1-8-4-6-11(7-5-8)14-17-16-13-10(3)9(2)12(15)18-19(13)14/h8,11H,4-7H2,1-3H3. The molecule has 0 bridgehead atoms. The topological polar surface area (TPSA) is 43.1 Å². The van der Waals surface area contributed by atoms with Gasteiger partial charge >= 0.3 is 0 Å². The van der Waals surface area contributed by atoms with Crippen molar-refractivity contribution in [2.45, 2.75) is 52.4 Å². The van der Waals surface area contributed by atoms with Gasteiger partial charge in [0.15, 0.2) is 16.6 Å². The number of fused-ring (bicyclic) bond motifs is 1. The zero-order valence-corrected chi connectivity index (χ0v) is 12.4. The Morgan fingerprint density at radius 3 is 2.42 bits per heavy atom. The number of halogens is 1. The van der Waals surface area contributed by atoms with Gasteiger partial charge in [0.1, 0.15) is 0 Å². The fourth-order valence-electron chi connectivity index (χ4n) is 2.88. The van der Waals surface area contributed by atoms with Gasteiger partial charge in [-0.25, -0.2) is 0 Å².